The van der Waals surface area contributed by atoms with Gasteiger partial charge in [-0.25, -0.2) is 0 Å². The second-order valence-corrected chi connectivity index (χ2v) is 11.7. The molecule has 9 nitrogen and oxygen atoms in total. The van der Waals surface area contributed by atoms with Crippen LogP contribution in [0.2, 0.25) is 5.02 Å². The van der Waals surface area contributed by atoms with Crippen molar-refractivity contribution in [2.75, 3.05) is 23.8 Å². The number of nitrogens with one attached hydrogen (secondary N) is 2. The van der Waals surface area contributed by atoms with Gasteiger partial charge in [0, 0.05) is 10.5 Å². The summed E-state index contributed by atoms with van der Waals surface area (Å²) in [4.78, 5) is 42.8. The maximum Gasteiger partial charge on any atom is 0.250 e. The van der Waals surface area contributed by atoms with Crippen LogP contribution < -0.4 is 15.4 Å². The number of carbonyl (C=O) groups excluding carboxylic acids is 3. The fraction of sp³-hybridized carbons (Fsp3) is 0.464. The number of likely N-dealkylation sites (tertiary alicyclic amines) is 1. The van der Waals surface area contributed by atoms with Gasteiger partial charge < -0.3 is 30.1 Å². The van der Waals surface area contributed by atoms with Gasteiger partial charge in [0.2, 0.25) is 17.7 Å². The molecule has 11 heteroatoms. The van der Waals surface area contributed by atoms with Crippen molar-refractivity contribution >= 4 is 56.6 Å². The third-order valence-corrected chi connectivity index (χ3v) is 9.09. The van der Waals surface area contributed by atoms with Crippen molar-refractivity contribution in [3.05, 3.63) is 53.6 Å². The minimum atomic E-state index is -1.25. The van der Waals surface area contributed by atoms with Gasteiger partial charge in [0.25, 0.3) is 0 Å². The average Bonchev–Trinajstić information content (AvgIpc) is 3.51. The number of carbonyl (C=O) groups is 3. The molecule has 3 N–H and O–H groups in total. The van der Waals surface area contributed by atoms with Crippen molar-refractivity contribution in [1.29, 1.82) is 0 Å². The third kappa shape index (κ3) is 4.71. The van der Waals surface area contributed by atoms with E-state index in [0.29, 0.717) is 41.6 Å². The third-order valence-electron chi connectivity index (χ3n) is 7.92. The standard InChI is InChI=1S/C28H31BrClN3O6/c1-3-16(14-34)33-24(26(36)32-20-8-6-5-7-19(20)30)28-13-18(29)23(39-28)21(22(28)27(33)37)25(35)31-15-9-11-17(12-10-15)38-4-2/h5-12,16,18,21-24,34H,3-4,13-14H2,1-2H3,(H,31,35)(H,32,36)/t16-,18?,21-,22-,23-,24?,28?/m0/s1. The van der Waals surface area contributed by atoms with Crippen molar-refractivity contribution in [2.45, 2.75) is 55.3 Å². The maximum absolute atomic E-state index is 14.1. The molecule has 3 fully saturated rings. The lowest BCUT2D eigenvalue weighted by atomic mass is 9.70. The fourth-order valence-electron chi connectivity index (χ4n) is 6.26. The van der Waals surface area contributed by atoms with Crippen LogP contribution in [-0.2, 0) is 19.1 Å². The zero-order chi connectivity index (χ0) is 27.9. The second kappa shape index (κ2) is 11.1. The summed E-state index contributed by atoms with van der Waals surface area (Å²) in [6.07, 6.45) is 0.180. The van der Waals surface area contributed by atoms with Crippen LogP contribution in [0.3, 0.4) is 0 Å². The summed E-state index contributed by atoms with van der Waals surface area (Å²) in [5.74, 6) is -2.25. The number of hydrogen-bond donors (Lipinski definition) is 3. The Bertz CT molecular complexity index is 1260. The van der Waals surface area contributed by atoms with E-state index in [1.165, 1.54) is 4.90 Å². The topological polar surface area (TPSA) is 117 Å². The lowest BCUT2D eigenvalue weighted by molar-refractivity contribution is -0.143. The van der Waals surface area contributed by atoms with E-state index in [1.54, 1.807) is 48.5 Å². The number of aliphatic hydroxyl groups is 1. The van der Waals surface area contributed by atoms with E-state index in [0.717, 1.165) is 0 Å². The Kier molecular flexibility index (Phi) is 7.92. The molecule has 2 bridgehead atoms. The van der Waals surface area contributed by atoms with E-state index in [-0.39, 0.29) is 23.2 Å². The molecule has 3 unspecified atom stereocenters. The zero-order valence-corrected chi connectivity index (χ0v) is 23.9. The number of anilines is 2. The molecule has 0 radical (unpaired) electrons. The van der Waals surface area contributed by atoms with Crippen LogP contribution >= 0.6 is 27.5 Å². The molecule has 3 saturated heterocycles. The van der Waals surface area contributed by atoms with Crippen molar-refractivity contribution in [3.8, 4) is 5.75 Å². The molecule has 0 aliphatic carbocycles. The quantitative estimate of drug-likeness (QED) is 0.367. The summed E-state index contributed by atoms with van der Waals surface area (Å²) in [5, 5.41) is 16.3. The van der Waals surface area contributed by atoms with Crippen LogP contribution in [0.25, 0.3) is 0 Å². The van der Waals surface area contributed by atoms with Crippen LogP contribution in [0, 0.1) is 11.8 Å². The normalized spacial score (nSPS) is 29.7. The number of aliphatic hydroxyl groups excluding tert-OH is 1. The number of fused-ring (bicyclic) bond motifs is 1. The highest BCUT2D eigenvalue weighted by Gasteiger charge is 2.77. The predicted octanol–water partition coefficient (Wildman–Crippen LogP) is 3.83. The number of halogens is 2. The molecule has 3 aliphatic rings. The van der Waals surface area contributed by atoms with Gasteiger partial charge in [-0.15, -0.1) is 0 Å². The smallest absolute Gasteiger partial charge is 0.250 e. The van der Waals surface area contributed by atoms with E-state index in [4.69, 9.17) is 21.1 Å². The van der Waals surface area contributed by atoms with Crippen molar-refractivity contribution in [2.24, 2.45) is 11.8 Å². The molecule has 208 valence electrons. The lowest BCUT2D eigenvalue weighted by Gasteiger charge is -2.36. The van der Waals surface area contributed by atoms with E-state index >= 15 is 0 Å². The maximum atomic E-state index is 14.1. The van der Waals surface area contributed by atoms with Crippen molar-refractivity contribution in [3.63, 3.8) is 0 Å². The molecule has 2 aromatic rings. The first-order valence-electron chi connectivity index (χ1n) is 13.1. The number of ether oxygens (including phenoxy) is 2. The highest BCUT2D eigenvalue weighted by Crippen LogP contribution is 2.60. The first-order valence-corrected chi connectivity index (χ1v) is 14.4. The number of hydrogen-bond acceptors (Lipinski definition) is 6. The van der Waals surface area contributed by atoms with Gasteiger partial charge in [-0.3, -0.25) is 14.4 Å². The number of alkyl halides is 1. The molecule has 3 heterocycles. The van der Waals surface area contributed by atoms with E-state index < -0.39 is 41.5 Å². The first kappa shape index (κ1) is 27.9. The fourth-order valence-corrected chi connectivity index (χ4v) is 7.39. The predicted molar refractivity (Wildman–Crippen MR) is 150 cm³/mol. The number of rotatable bonds is 9. The molecule has 7 atom stereocenters. The molecule has 1 spiro atoms. The molecular weight excluding hydrogens is 590 g/mol. The molecule has 3 amide bonds. The Hall–Kier alpha value is -2.66. The van der Waals surface area contributed by atoms with Gasteiger partial charge in [-0.1, -0.05) is 46.6 Å². The number of nitrogens with zero attached hydrogens (tertiary/aromatic N) is 1. The van der Waals surface area contributed by atoms with Gasteiger partial charge in [-0.05, 0) is 56.2 Å². The van der Waals surface area contributed by atoms with Gasteiger partial charge in [-0.2, -0.15) is 0 Å². The Morgan fingerprint density at radius 2 is 1.90 bits per heavy atom. The van der Waals surface area contributed by atoms with Crippen LogP contribution in [-0.4, -0.2) is 69.6 Å². The number of benzene rings is 2. The Morgan fingerprint density at radius 1 is 1.18 bits per heavy atom. The first-order chi connectivity index (χ1) is 18.7. The molecule has 0 aromatic heterocycles. The average molecular weight is 621 g/mol. The lowest BCUT2D eigenvalue weighted by Crippen LogP contribution is -2.56. The van der Waals surface area contributed by atoms with Crippen LogP contribution in [0.15, 0.2) is 48.5 Å². The molecule has 2 aromatic carbocycles. The van der Waals surface area contributed by atoms with Crippen LogP contribution in [0.4, 0.5) is 11.4 Å². The Morgan fingerprint density at radius 3 is 2.54 bits per heavy atom. The zero-order valence-electron chi connectivity index (χ0n) is 21.6. The highest BCUT2D eigenvalue weighted by molar-refractivity contribution is 9.09. The van der Waals surface area contributed by atoms with Crippen LogP contribution in [0.1, 0.15) is 26.7 Å². The summed E-state index contributed by atoms with van der Waals surface area (Å²) in [6.45, 7) is 3.93. The summed E-state index contributed by atoms with van der Waals surface area (Å²) in [7, 11) is 0. The summed E-state index contributed by atoms with van der Waals surface area (Å²) < 4.78 is 12.0. The minimum Gasteiger partial charge on any atom is -0.494 e. The van der Waals surface area contributed by atoms with Gasteiger partial charge >= 0.3 is 0 Å². The number of para-hydroxylation sites is 1. The van der Waals surface area contributed by atoms with Gasteiger partial charge in [0.05, 0.1) is 47.9 Å². The molecule has 5 rings (SSSR count). The Labute approximate surface area is 240 Å². The second-order valence-electron chi connectivity index (χ2n) is 10.1. The highest BCUT2D eigenvalue weighted by atomic mass is 79.9. The van der Waals surface area contributed by atoms with E-state index in [1.807, 2.05) is 13.8 Å². The van der Waals surface area contributed by atoms with Gasteiger partial charge in [0.1, 0.15) is 17.4 Å². The van der Waals surface area contributed by atoms with E-state index in [2.05, 4.69) is 26.6 Å². The minimum absolute atomic E-state index is 0.248. The summed E-state index contributed by atoms with van der Waals surface area (Å²) >= 11 is 9.96. The molecule has 0 saturated carbocycles. The molecule has 39 heavy (non-hydrogen) atoms. The van der Waals surface area contributed by atoms with E-state index in [9.17, 15) is 19.5 Å². The van der Waals surface area contributed by atoms with Crippen LogP contribution in [0.5, 0.6) is 5.75 Å². The SMILES string of the molecule is CCOc1ccc(NC(=O)[C@H]2[C@H]3C(=O)N([C@@H](CC)CO)C(C(=O)Nc4ccccc4Cl)C34CC(Br)[C@@H]2O4)cc1. The molecule has 3 aliphatic heterocycles. The van der Waals surface area contributed by atoms with Gasteiger partial charge in [0.15, 0.2) is 0 Å². The Balaban J connectivity index is 1.49. The summed E-state index contributed by atoms with van der Waals surface area (Å²) in [6, 6.07) is 12.1. The monoisotopic (exact) mass is 619 g/mol. The molecular formula is C28H31BrClN3O6. The van der Waals surface area contributed by atoms with Crippen molar-refractivity contribution < 1.29 is 29.0 Å². The number of amides is 3. The largest absolute Gasteiger partial charge is 0.494 e. The summed E-state index contributed by atoms with van der Waals surface area (Å²) in [5.41, 5.74) is -0.283. The van der Waals surface area contributed by atoms with Crippen molar-refractivity contribution in [1.82, 2.24) is 4.90 Å².